The number of amides is 2. The lowest BCUT2D eigenvalue weighted by Crippen LogP contribution is -2.43. The van der Waals surface area contributed by atoms with Gasteiger partial charge in [-0.2, -0.15) is 0 Å². The number of ether oxygens (including phenoxy) is 3. The molecule has 0 saturated carbocycles. The van der Waals surface area contributed by atoms with E-state index in [4.69, 9.17) is 25.8 Å². The predicted octanol–water partition coefficient (Wildman–Crippen LogP) is 2.51. The van der Waals surface area contributed by atoms with Crippen LogP contribution in [0.25, 0.3) is 0 Å². The van der Waals surface area contributed by atoms with Crippen LogP contribution in [0.15, 0.2) is 36.4 Å². The van der Waals surface area contributed by atoms with Gasteiger partial charge in [0.1, 0.15) is 5.75 Å². The third-order valence-corrected chi connectivity index (χ3v) is 3.69. The number of methoxy groups -OCH3 is 2. The van der Waals surface area contributed by atoms with Gasteiger partial charge in [-0.1, -0.05) is 11.6 Å². The zero-order valence-electron chi connectivity index (χ0n) is 14.6. The van der Waals surface area contributed by atoms with E-state index in [-0.39, 0.29) is 6.61 Å². The Labute approximate surface area is 156 Å². The SMILES string of the molecule is COc1ccc(C(=O)NNC(=O)COc2ccc(Cl)cc2C)cc1OC. The minimum absolute atomic E-state index is 0.255. The summed E-state index contributed by atoms with van der Waals surface area (Å²) in [7, 11) is 2.97. The summed E-state index contributed by atoms with van der Waals surface area (Å²) < 4.78 is 15.6. The molecule has 0 aliphatic carbocycles. The zero-order chi connectivity index (χ0) is 19.1. The third-order valence-electron chi connectivity index (χ3n) is 3.46. The van der Waals surface area contributed by atoms with Gasteiger partial charge in [0.05, 0.1) is 14.2 Å². The molecule has 7 nitrogen and oxygen atoms in total. The van der Waals surface area contributed by atoms with Crippen molar-refractivity contribution in [1.82, 2.24) is 10.9 Å². The fraction of sp³-hybridized carbons (Fsp3) is 0.222. The molecule has 0 spiro atoms. The van der Waals surface area contributed by atoms with Crippen LogP contribution in [0, 0.1) is 6.92 Å². The largest absolute Gasteiger partial charge is 0.493 e. The van der Waals surface area contributed by atoms with Crippen LogP contribution in [-0.2, 0) is 4.79 Å². The lowest BCUT2D eigenvalue weighted by molar-refractivity contribution is -0.123. The second-order valence-electron chi connectivity index (χ2n) is 5.27. The van der Waals surface area contributed by atoms with Crippen molar-refractivity contribution in [3.8, 4) is 17.2 Å². The van der Waals surface area contributed by atoms with Crippen LogP contribution in [-0.4, -0.2) is 32.6 Å². The molecule has 2 rings (SSSR count). The number of nitrogens with one attached hydrogen (secondary N) is 2. The molecular formula is C18H19ClN2O5. The highest BCUT2D eigenvalue weighted by molar-refractivity contribution is 6.30. The first-order valence-electron chi connectivity index (χ1n) is 7.64. The van der Waals surface area contributed by atoms with E-state index in [2.05, 4.69) is 10.9 Å². The summed E-state index contributed by atoms with van der Waals surface area (Å²) in [5.74, 6) is 0.443. The molecular weight excluding hydrogens is 360 g/mol. The van der Waals surface area contributed by atoms with E-state index in [9.17, 15) is 9.59 Å². The van der Waals surface area contributed by atoms with Crippen molar-refractivity contribution in [2.45, 2.75) is 6.92 Å². The van der Waals surface area contributed by atoms with E-state index in [1.165, 1.54) is 20.3 Å². The molecule has 0 heterocycles. The smallest absolute Gasteiger partial charge is 0.276 e. The number of hydrogen-bond acceptors (Lipinski definition) is 5. The van der Waals surface area contributed by atoms with Crippen LogP contribution in [0.4, 0.5) is 0 Å². The Balaban J connectivity index is 1.87. The molecule has 0 radical (unpaired) electrons. The number of carbonyl (C=O) groups is 2. The van der Waals surface area contributed by atoms with Gasteiger partial charge in [-0.15, -0.1) is 0 Å². The quantitative estimate of drug-likeness (QED) is 0.754. The molecule has 0 unspecified atom stereocenters. The fourth-order valence-electron chi connectivity index (χ4n) is 2.13. The average molecular weight is 379 g/mol. The maximum absolute atomic E-state index is 12.1. The first-order valence-corrected chi connectivity index (χ1v) is 8.02. The van der Waals surface area contributed by atoms with Crippen LogP contribution < -0.4 is 25.1 Å². The molecule has 2 amide bonds. The van der Waals surface area contributed by atoms with Crippen LogP contribution >= 0.6 is 11.6 Å². The normalized spacial score (nSPS) is 10.0. The Hall–Kier alpha value is -2.93. The van der Waals surface area contributed by atoms with E-state index in [1.54, 1.807) is 30.3 Å². The molecule has 0 saturated heterocycles. The van der Waals surface area contributed by atoms with Crippen molar-refractivity contribution >= 4 is 23.4 Å². The predicted molar refractivity (Wildman–Crippen MR) is 96.8 cm³/mol. The summed E-state index contributed by atoms with van der Waals surface area (Å²) >= 11 is 5.86. The first kappa shape index (κ1) is 19.4. The summed E-state index contributed by atoms with van der Waals surface area (Å²) in [6.07, 6.45) is 0. The van der Waals surface area contributed by atoms with E-state index >= 15 is 0 Å². The van der Waals surface area contributed by atoms with Gasteiger partial charge in [-0.25, -0.2) is 0 Å². The highest BCUT2D eigenvalue weighted by atomic mass is 35.5. The van der Waals surface area contributed by atoms with E-state index in [0.717, 1.165) is 5.56 Å². The number of halogens is 1. The Bertz CT molecular complexity index is 810. The summed E-state index contributed by atoms with van der Waals surface area (Å²) in [4.78, 5) is 23.9. The van der Waals surface area contributed by atoms with Gasteiger partial charge >= 0.3 is 0 Å². The van der Waals surface area contributed by atoms with Gasteiger partial charge in [-0.05, 0) is 48.9 Å². The Morgan fingerprint density at radius 3 is 2.31 bits per heavy atom. The van der Waals surface area contributed by atoms with Crippen molar-refractivity contribution in [1.29, 1.82) is 0 Å². The monoisotopic (exact) mass is 378 g/mol. The third kappa shape index (κ3) is 5.03. The Morgan fingerprint density at radius 1 is 0.962 bits per heavy atom. The number of aryl methyl sites for hydroxylation is 1. The maximum atomic E-state index is 12.1. The molecule has 0 atom stereocenters. The van der Waals surface area contributed by atoms with Gasteiger partial charge in [0.2, 0.25) is 0 Å². The molecule has 2 N–H and O–H groups in total. The van der Waals surface area contributed by atoms with Crippen LogP contribution in [0.2, 0.25) is 5.02 Å². The average Bonchev–Trinajstić information content (AvgIpc) is 2.64. The van der Waals surface area contributed by atoms with Crippen molar-refractivity contribution in [2.75, 3.05) is 20.8 Å². The highest BCUT2D eigenvalue weighted by Crippen LogP contribution is 2.27. The van der Waals surface area contributed by atoms with E-state index in [0.29, 0.717) is 27.8 Å². The molecule has 26 heavy (non-hydrogen) atoms. The summed E-state index contributed by atoms with van der Waals surface area (Å²) in [6, 6.07) is 9.73. The van der Waals surface area contributed by atoms with Crippen LogP contribution in [0.1, 0.15) is 15.9 Å². The molecule has 0 fully saturated rings. The lowest BCUT2D eigenvalue weighted by Gasteiger charge is -2.12. The van der Waals surface area contributed by atoms with Gasteiger partial charge in [-0.3, -0.25) is 20.4 Å². The minimum Gasteiger partial charge on any atom is -0.493 e. The maximum Gasteiger partial charge on any atom is 0.276 e. The number of hydrazine groups is 1. The second-order valence-corrected chi connectivity index (χ2v) is 5.71. The molecule has 8 heteroatoms. The highest BCUT2D eigenvalue weighted by Gasteiger charge is 2.12. The van der Waals surface area contributed by atoms with Crippen molar-refractivity contribution in [3.05, 3.63) is 52.5 Å². The molecule has 0 aromatic heterocycles. The number of rotatable bonds is 6. The molecule has 2 aromatic rings. The van der Waals surface area contributed by atoms with Crippen LogP contribution in [0.5, 0.6) is 17.2 Å². The number of hydrogen-bond donors (Lipinski definition) is 2. The lowest BCUT2D eigenvalue weighted by atomic mass is 10.2. The van der Waals surface area contributed by atoms with Gasteiger partial charge < -0.3 is 14.2 Å². The minimum atomic E-state index is -0.506. The molecule has 138 valence electrons. The molecule has 0 bridgehead atoms. The summed E-state index contributed by atoms with van der Waals surface area (Å²) in [5.41, 5.74) is 5.71. The first-order chi connectivity index (χ1) is 12.4. The topological polar surface area (TPSA) is 85.9 Å². The number of benzene rings is 2. The number of carbonyl (C=O) groups excluding carboxylic acids is 2. The van der Waals surface area contributed by atoms with E-state index in [1.807, 2.05) is 6.92 Å². The van der Waals surface area contributed by atoms with Crippen LogP contribution in [0.3, 0.4) is 0 Å². The second kappa shape index (κ2) is 8.96. The molecule has 2 aromatic carbocycles. The van der Waals surface area contributed by atoms with E-state index < -0.39 is 11.8 Å². The van der Waals surface area contributed by atoms with Gasteiger partial charge in [0, 0.05) is 10.6 Å². The van der Waals surface area contributed by atoms with Gasteiger partial charge in [0.25, 0.3) is 11.8 Å². The van der Waals surface area contributed by atoms with Crippen molar-refractivity contribution in [3.63, 3.8) is 0 Å². The Morgan fingerprint density at radius 2 is 1.65 bits per heavy atom. The van der Waals surface area contributed by atoms with Crippen molar-refractivity contribution in [2.24, 2.45) is 0 Å². The molecule has 0 aliphatic rings. The Kier molecular flexibility index (Phi) is 6.68. The van der Waals surface area contributed by atoms with Gasteiger partial charge in [0.15, 0.2) is 18.1 Å². The summed E-state index contributed by atoms with van der Waals surface area (Å²) in [6.45, 7) is 1.56. The summed E-state index contributed by atoms with van der Waals surface area (Å²) in [5, 5.41) is 0.585. The van der Waals surface area contributed by atoms with Crippen molar-refractivity contribution < 1.29 is 23.8 Å². The fourth-order valence-corrected chi connectivity index (χ4v) is 2.36. The standard InChI is InChI=1S/C18H19ClN2O5/c1-11-8-13(19)5-7-14(11)26-10-17(22)20-21-18(23)12-4-6-15(24-2)16(9-12)25-3/h4-9H,10H2,1-3H3,(H,20,22)(H,21,23). The zero-order valence-corrected chi connectivity index (χ0v) is 15.3. The molecule has 0 aliphatic heterocycles.